The number of pyridine rings is 1. The van der Waals surface area contributed by atoms with Crippen LogP contribution in [0.25, 0.3) is 27.8 Å². The maximum absolute atomic E-state index is 12.7. The molecule has 5 rings (SSSR count). The van der Waals surface area contributed by atoms with Crippen LogP contribution in [0.5, 0.6) is 0 Å². The maximum Gasteiger partial charge on any atom is 0.361 e. The Hall–Kier alpha value is -3.54. The quantitative estimate of drug-likeness (QED) is 0.383. The van der Waals surface area contributed by atoms with Gasteiger partial charge >= 0.3 is 5.97 Å². The molecule has 0 aliphatic heterocycles. The molecule has 1 aliphatic carbocycles. The van der Waals surface area contributed by atoms with Crippen molar-refractivity contribution in [2.75, 3.05) is 6.61 Å². The summed E-state index contributed by atoms with van der Waals surface area (Å²) in [6.07, 6.45) is 8.13. The molecule has 1 saturated carbocycles. The lowest BCUT2D eigenvalue weighted by atomic mass is 9.83. The number of hydrogen-bond acceptors (Lipinski definition) is 5. The molecule has 32 heavy (non-hydrogen) atoms. The number of nitrogens with zero attached hydrogens (tertiary/aromatic N) is 4. The highest BCUT2D eigenvalue weighted by Gasteiger charge is 2.24. The smallest absolute Gasteiger partial charge is 0.361 e. The van der Waals surface area contributed by atoms with Crippen LogP contribution in [0.4, 0.5) is 0 Å². The molecule has 0 atom stereocenters. The number of esters is 1. The zero-order valence-corrected chi connectivity index (χ0v) is 18.2. The molecule has 2 aromatic carbocycles. The molecule has 6 heteroatoms. The first-order valence-electron chi connectivity index (χ1n) is 11.3. The van der Waals surface area contributed by atoms with E-state index < -0.39 is 5.97 Å². The van der Waals surface area contributed by atoms with Crippen LogP contribution in [0, 0.1) is 0 Å². The number of ether oxygens (including phenoxy) is 1. The standard InChI is InChI=1S/C26H26N4O2/c1-2-32-26(31)24-25(19-11-7-4-8-12-19)30(29-28-24)23-15-16-27-22-14-13-20(17-21(22)23)18-9-5-3-6-10-18/h4,7-8,11-18H,2-3,5-6,9-10H2,1H3. The van der Waals surface area contributed by atoms with Gasteiger partial charge in [-0.1, -0.05) is 60.9 Å². The van der Waals surface area contributed by atoms with Crippen LogP contribution in [-0.4, -0.2) is 32.6 Å². The van der Waals surface area contributed by atoms with Gasteiger partial charge in [0.05, 0.1) is 17.8 Å². The van der Waals surface area contributed by atoms with Crippen LogP contribution in [0.15, 0.2) is 60.8 Å². The van der Waals surface area contributed by atoms with E-state index in [9.17, 15) is 4.79 Å². The first-order chi connectivity index (χ1) is 15.8. The molecule has 4 aromatic rings. The molecule has 1 aliphatic rings. The summed E-state index contributed by atoms with van der Waals surface area (Å²) in [6.45, 7) is 2.07. The Labute approximate surface area is 187 Å². The molecule has 0 saturated heterocycles. The molecular weight excluding hydrogens is 400 g/mol. The summed E-state index contributed by atoms with van der Waals surface area (Å²) >= 11 is 0. The largest absolute Gasteiger partial charge is 0.461 e. The summed E-state index contributed by atoms with van der Waals surface area (Å²) in [5, 5.41) is 9.63. The predicted octanol–water partition coefficient (Wildman–Crippen LogP) is 5.71. The molecule has 0 N–H and O–H groups in total. The minimum atomic E-state index is -0.473. The summed E-state index contributed by atoms with van der Waals surface area (Å²) in [4.78, 5) is 17.2. The van der Waals surface area contributed by atoms with Gasteiger partial charge in [-0.15, -0.1) is 5.10 Å². The van der Waals surface area contributed by atoms with Gasteiger partial charge in [-0.25, -0.2) is 9.48 Å². The maximum atomic E-state index is 12.7. The van der Waals surface area contributed by atoms with E-state index in [0.717, 1.165) is 22.2 Å². The van der Waals surface area contributed by atoms with Crippen molar-refractivity contribution in [2.45, 2.75) is 44.9 Å². The second-order valence-electron chi connectivity index (χ2n) is 8.23. The Morgan fingerprint density at radius 3 is 2.66 bits per heavy atom. The molecular formula is C26H26N4O2. The lowest BCUT2D eigenvalue weighted by Gasteiger charge is -2.22. The molecule has 0 bridgehead atoms. The van der Waals surface area contributed by atoms with Gasteiger partial charge in [0.1, 0.15) is 5.69 Å². The minimum Gasteiger partial charge on any atom is -0.461 e. The summed E-state index contributed by atoms with van der Waals surface area (Å²) in [7, 11) is 0. The Morgan fingerprint density at radius 2 is 1.88 bits per heavy atom. The Kier molecular flexibility index (Phi) is 5.67. The summed E-state index contributed by atoms with van der Waals surface area (Å²) < 4.78 is 7.00. The highest BCUT2D eigenvalue weighted by Crippen LogP contribution is 2.35. The van der Waals surface area contributed by atoms with Crippen molar-refractivity contribution in [3.05, 3.63) is 72.1 Å². The van der Waals surface area contributed by atoms with Crippen LogP contribution in [0.1, 0.15) is 61.0 Å². The highest BCUT2D eigenvalue weighted by atomic mass is 16.5. The Bertz CT molecular complexity index is 1240. The van der Waals surface area contributed by atoms with E-state index >= 15 is 0 Å². The lowest BCUT2D eigenvalue weighted by Crippen LogP contribution is -2.08. The van der Waals surface area contributed by atoms with Crippen molar-refractivity contribution in [3.8, 4) is 16.9 Å². The second kappa shape index (κ2) is 8.91. The third-order valence-electron chi connectivity index (χ3n) is 6.23. The van der Waals surface area contributed by atoms with Crippen molar-refractivity contribution < 1.29 is 9.53 Å². The molecule has 2 aromatic heterocycles. The fourth-order valence-corrected chi connectivity index (χ4v) is 4.67. The summed E-state index contributed by atoms with van der Waals surface area (Å²) in [5.41, 5.74) is 4.79. The monoisotopic (exact) mass is 426 g/mol. The van der Waals surface area contributed by atoms with E-state index in [1.54, 1.807) is 17.8 Å². The summed E-state index contributed by atoms with van der Waals surface area (Å²) in [6, 6.07) is 18.2. The molecule has 0 amide bonds. The molecule has 2 heterocycles. The molecule has 6 nitrogen and oxygen atoms in total. The second-order valence-corrected chi connectivity index (χ2v) is 8.23. The van der Waals surface area contributed by atoms with Crippen LogP contribution in [0.3, 0.4) is 0 Å². The van der Waals surface area contributed by atoms with E-state index in [1.165, 1.54) is 37.7 Å². The van der Waals surface area contributed by atoms with Crippen molar-refractivity contribution in [1.82, 2.24) is 20.0 Å². The minimum absolute atomic E-state index is 0.214. The van der Waals surface area contributed by atoms with Crippen molar-refractivity contribution >= 4 is 16.9 Å². The normalized spacial score (nSPS) is 14.5. The lowest BCUT2D eigenvalue weighted by molar-refractivity contribution is 0.0520. The van der Waals surface area contributed by atoms with Crippen LogP contribution >= 0.6 is 0 Å². The molecule has 162 valence electrons. The fourth-order valence-electron chi connectivity index (χ4n) is 4.67. The average molecular weight is 427 g/mol. The Balaban J connectivity index is 1.69. The molecule has 1 fully saturated rings. The highest BCUT2D eigenvalue weighted by molar-refractivity contribution is 5.95. The van der Waals surface area contributed by atoms with Gasteiger partial charge in [0.25, 0.3) is 0 Å². The average Bonchev–Trinajstić information content (AvgIpc) is 3.30. The van der Waals surface area contributed by atoms with Gasteiger partial charge in [0.2, 0.25) is 0 Å². The van der Waals surface area contributed by atoms with E-state index in [4.69, 9.17) is 4.74 Å². The van der Waals surface area contributed by atoms with Crippen molar-refractivity contribution in [1.29, 1.82) is 0 Å². The van der Waals surface area contributed by atoms with E-state index in [-0.39, 0.29) is 12.3 Å². The number of benzene rings is 2. The number of hydrogen-bond donors (Lipinski definition) is 0. The van der Waals surface area contributed by atoms with Gasteiger partial charge in [0.15, 0.2) is 5.69 Å². The van der Waals surface area contributed by atoms with Crippen molar-refractivity contribution in [2.24, 2.45) is 0 Å². The molecule has 0 spiro atoms. The van der Waals surface area contributed by atoms with Crippen LogP contribution in [0.2, 0.25) is 0 Å². The fraction of sp³-hybridized carbons (Fsp3) is 0.308. The van der Waals surface area contributed by atoms with Crippen LogP contribution in [-0.2, 0) is 4.74 Å². The molecule has 0 radical (unpaired) electrons. The Morgan fingerprint density at radius 1 is 1.06 bits per heavy atom. The number of carbonyl (C=O) groups excluding carboxylic acids is 1. The van der Waals surface area contributed by atoms with Gasteiger partial charge in [-0.05, 0) is 49.4 Å². The first kappa shape index (κ1) is 20.4. The zero-order valence-electron chi connectivity index (χ0n) is 18.2. The van der Waals surface area contributed by atoms with Gasteiger partial charge in [0, 0.05) is 17.1 Å². The van der Waals surface area contributed by atoms with E-state index in [1.807, 2.05) is 36.4 Å². The topological polar surface area (TPSA) is 69.9 Å². The number of rotatable bonds is 5. The van der Waals surface area contributed by atoms with E-state index in [0.29, 0.717) is 11.6 Å². The number of aromatic nitrogens is 4. The third kappa shape index (κ3) is 3.77. The van der Waals surface area contributed by atoms with Gasteiger partial charge < -0.3 is 4.74 Å². The number of fused-ring (bicyclic) bond motifs is 1. The van der Waals surface area contributed by atoms with E-state index in [2.05, 4.69) is 33.5 Å². The molecule has 0 unspecified atom stereocenters. The van der Waals surface area contributed by atoms with Gasteiger partial charge in [-0.2, -0.15) is 0 Å². The summed E-state index contributed by atoms with van der Waals surface area (Å²) in [5.74, 6) is 0.111. The van der Waals surface area contributed by atoms with Gasteiger partial charge in [-0.3, -0.25) is 4.98 Å². The van der Waals surface area contributed by atoms with Crippen LogP contribution < -0.4 is 0 Å². The zero-order chi connectivity index (χ0) is 21.9. The predicted molar refractivity (Wildman–Crippen MR) is 124 cm³/mol. The SMILES string of the molecule is CCOC(=O)c1nnn(-c2ccnc3ccc(C4CCCCC4)cc23)c1-c1ccccc1. The van der Waals surface area contributed by atoms with Crippen molar-refractivity contribution in [3.63, 3.8) is 0 Å². The first-order valence-corrected chi connectivity index (χ1v) is 11.3. The number of carbonyl (C=O) groups is 1. The third-order valence-corrected chi connectivity index (χ3v) is 6.23.